The van der Waals surface area contributed by atoms with Crippen molar-refractivity contribution in [3.8, 4) is 6.07 Å². The van der Waals surface area contributed by atoms with Crippen molar-refractivity contribution >= 4 is 5.69 Å². The lowest BCUT2D eigenvalue weighted by atomic mass is 9.70. The van der Waals surface area contributed by atoms with Gasteiger partial charge in [0, 0.05) is 12.2 Å². The van der Waals surface area contributed by atoms with Crippen LogP contribution in [0.1, 0.15) is 19.3 Å². The molecule has 0 aromatic heterocycles. The van der Waals surface area contributed by atoms with Crippen molar-refractivity contribution < 1.29 is 8.78 Å². The molecule has 1 N–H and O–H groups in total. The standard InChI is InChI=1S/C12H12F2N2/c13-10-3-2-9(6-11(10)14)16-8-12(7-15)4-1-5-12/h2-3,6,16H,1,4-5,8H2. The third-order valence-electron chi connectivity index (χ3n) is 3.10. The number of nitriles is 1. The molecule has 0 atom stereocenters. The maximum Gasteiger partial charge on any atom is 0.160 e. The number of nitrogens with zero attached hydrogens (tertiary/aromatic N) is 1. The Morgan fingerprint density at radius 2 is 2.06 bits per heavy atom. The maximum atomic E-state index is 12.9. The number of hydrogen-bond donors (Lipinski definition) is 1. The van der Waals surface area contributed by atoms with Gasteiger partial charge in [0.1, 0.15) is 0 Å². The van der Waals surface area contributed by atoms with E-state index < -0.39 is 11.6 Å². The SMILES string of the molecule is N#CC1(CNc2ccc(F)c(F)c2)CCC1. The first-order valence-corrected chi connectivity index (χ1v) is 5.25. The first-order chi connectivity index (χ1) is 7.65. The minimum Gasteiger partial charge on any atom is -0.383 e. The molecule has 0 unspecified atom stereocenters. The number of nitrogens with one attached hydrogen (secondary N) is 1. The fourth-order valence-electron chi connectivity index (χ4n) is 1.81. The van der Waals surface area contributed by atoms with Crippen molar-refractivity contribution in [3.05, 3.63) is 29.8 Å². The molecular weight excluding hydrogens is 210 g/mol. The van der Waals surface area contributed by atoms with E-state index in [0.717, 1.165) is 31.4 Å². The van der Waals surface area contributed by atoms with Crippen LogP contribution in [-0.2, 0) is 0 Å². The molecule has 2 nitrogen and oxygen atoms in total. The van der Waals surface area contributed by atoms with E-state index in [1.807, 2.05) is 0 Å². The van der Waals surface area contributed by atoms with Crippen molar-refractivity contribution in [1.82, 2.24) is 0 Å². The molecule has 1 aliphatic rings. The molecule has 1 aromatic rings. The quantitative estimate of drug-likeness (QED) is 0.853. The van der Waals surface area contributed by atoms with Gasteiger partial charge in [-0.1, -0.05) is 6.42 Å². The Bertz CT molecular complexity index is 433. The molecule has 0 amide bonds. The van der Waals surface area contributed by atoms with Gasteiger partial charge < -0.3 is 5.32 Å². The second-order valence-corrected chi connectivity index (χ2v) is 4.23. The van der Waals surface area contributed by atoms with Gasteiger partial charge in [0.25, 0.3) is 0 Å². The summed E-state index contributed by atoms with van der Waals surface area (Å²) in [7, 11) is 0. The number of halogens is 2. The third kappa shape index (κ3) is 1.99. The van der Waals surface area contributed by atoms with E-state index in [-0.39, 0.29) is 5.41 Å². The molecule has 16 heavy (non-hydrogen) atoms. The van der Waals surface area contributed by atoms with Crippen LogP contribution in [0.5, 0.6) is 0 Å². The molecule has 1 aliphatic carbocycles. The van der Waals surface area contributed by atoms with Gasteiger partial charge in [0.05, 0.1) is 11.5 Å². The molecule has 84 valence electrons. The molecule has 1 saturated carbocycles. The Morgan fingerprint density at radius 3 is 2.56 bits per heavy atom. The summed E-state index contributed by atoms with van der Waals surface area (Å²) >= 11 is 0. The fraction of sp³-hybridized carbons (Fsp3) is 0.417. The van der Waals surface area contributed by atoms with E-state index in [2.05, 4.69) is 11.4 Å². The summed E-state index contributed by atoms with van der Waals surface area (Å²) in [6.45, 7) is 0.495. The lowest BCUT2D eigenvalue weighted by Crippen LogP contribution is -2.35. The normalized spacial score (nSPS) is 17.3. The third-order valence-corrected chi connectivity index (χ3v) is 3.10. The highest BCUT2D eigenvalue weighted by Gasteiger charge is 2.36. The summed E-state index contributed by atoms with van der Waals surface area (Å²) in [5.74, 6) is -1.73. The van der Waals surface area contributed by atoms with Gasteiger partial charge in [-0.3, -0.25) is 0 Å². The summed E-state index contributed by atoms with van der Waals surface area (Å²) in [4.78, 5) is 0. The minimum absolute atomic E-state index is 0.315. The van der Waals surface area contributed by atoms with Crippen LogP contribution in [0.25, 0.3) is 0 Å². The number of anilines is 1. The lowest BCUT2D eigenvalue weighted by Gasteiger charge is -2.35. The van der Waals surface area contributed by atoms with Crippen molar-refractivity contribution in [3.63, 3.8) is 0 Å². The highest BCUT2D eigenvalue weighted by atomic mass is 19.2. The zero-order valence-electron chi connectivity index (χ0n) is 8.76. The van der Waals surface area contributed by atoms with E-state index in [4.69, 9.17) is 5.26 Å². The molecule has 0 spiro atoms. The Kier molecular flexibility index (Phi) is 2.78. The van der Waals surface area contributed by atoms with Crippen LogP contribution >= 0.6 is 0 Å². The van der Waals surface area contributed by atoms with Crippen LogP contribution in [0, 0.1) is 28.4 Å². The second-order valence-electron chi connectivity index (χ2n) is 4.23. The number of benzene rings is 1. The molecule has 0 radical (unpaired) electrons. The number of rotatable bonds is 3. The summed E-state index contributed by atoms with van der Waals surface area (Å²) in [5.41, 5.74) is 0.200. The molecular formula is C12H12F2N2. The average Bonchev–Trinajstić information content (AvgIpc) is 2.22. The molecule has 0 saturated heterocycles. The first kappa shape index (κ1) is 10.9. The first-order valence-electron chi connectivity index (χ1n) is 5.25. The molecule has 0 aliphatic heterocycles. The Hall–Kier alpha value is -1.63. The topological polar surface area (TPSA) is 35.8 Å². The largest absolute Gasteiger partial charge is 0.383 e. The molecule has 0 heterocycles. The Labute approximate surface area is 92.9 Å². The van der Waals surface area contributed by atoms with Crippen LogP contribution < -0.4 is 5.32 Å². The molecule has 1 fully saturated rings. The lowest BCUT2D eigenvalue weighted by molar-refractivity contribution is 0.233. The van der Waals surface area contributed by atoms with Gasteiger partial charge in [-0.05, 0) is 31.0 Å². The Morgan fingerprint density at radius 1 is 1.31 bits per heavy atom. The molecule has 2 rings (SSSR count). The fourth-order valence-corrected chi connectivity index (χ4v) is 1.81. The highest BCUT2D eigenvalue weighted by Crippen LogP contribution is 2.40. The zero-order valence-corrected chi connectivity index (χ0v) is 8.76. The van der Waals surface area contributed by atoms with Crippen molar-refractivity contribution in [2.24, 2.45) is 5.41 Å². The highest BCUT2D eigenvalue weighted by molar-refractivity contribution is 5.44. The minimum atomic E-state index is -0.871. The van der Waals surface area contributed by atoms with E-state index in [1.54, 1.807) is 0 Å². The van der Waals surface area contributed by atoms with E-state index in [1.165, 1.54) is 6.07 Å². The smallest absolute Gasteiger partial charge is 0.160 e. The zero-order chi connectivity index (χ0) is 11.6. The predicted octanol–water partition coefficient (Wildman–Crippen LogP) is 3.07. The summed E-state index contributed by atoms with van der Waals surface area (Å²) in [5, 5.41) is 12.0. The summed E-state index contributed by atoms with van der Waals surface area (Å²) in [6, 6.07) is 5.95. The average molecular weight is 222 g/mol. The van der Waals surface area contributed by atoms with Gasteiger partial charge in [-0.25, -0.2) is 8.78 Å². The summed E-state index contributed by atoms with van der Waals surface area (Å²) in [6.07, 6.45) is 2.81. The monoisotopic (exact) mass is 222 g/mol. The number of hydrogen-bond acceptors (Lipinski definition) is 2. The van der Waals surface area contributed by atoms with Crippen molar-refractivity contribution in [2.75, 3.05) is 11.9 Å². The van der Waals surface area contributed by atoms with Gasteiger partial charge >= 0.3 is 0 Å². The van der Waals surface area contributed by atoms with E-state index in [9.17, 15) is 8.78 Å². The van der Waals surface area contributed by atoms with E-state index in [0.29, 0.717) is 12.2 Å². The van der Waals surface area contributed by atoms with Crippen LogP contribution in [0.15, 0.2) is 18.2 Å². The van der Waals surface area contributed by atoms with Crippen LogP contribution in [0.4, 0.5) is 14.5 Å². The molecule has 4 heteroatoms. The van der Waals surface area contributed by atoms with Crippen molar-refractivity contribution in [2.45, 2.75) is 19.3 Å². The van der Waals surface area contributed by atoms with Gasteiger partial charge in [-0.15, -0.1) is 0 Å². The van der Waals surface area contributed by atoms with E-state index >= 15 is 0 Å². The van der Waals surface area contributed by atoms with Gasteiger partial charge in [0.15, 0.2) is 11.6 Å². The van der Waals surface area contributed by atoms with Crippen LogP contribution in [0.2, 0.25) is 0 Å². The molecule has 0 bridgehead atoms. The second kappa shape index (κ2) is 4.09. The van der Waals surface area contributed by atoms with Crippen LogP contribution in [-0.4, -0.2) is 6.54 Å². The van der Waals surface area contributed by atoms with Gasteiger partial charge in [0.2, 0.25) is 0 Å². The van der Waals surface area contributed by atoms with Crippen LogP contribution in [0.3, 0.4) is 0 Å². The molecule has 1 aromatic carbocycles. The van der Waals surface area contributed by atoms with Gasteiger partial charge in [-0.2, -0.15) is 5.26 Å². The Balaban J connectivity index is 2.00. The predicted molar refractivity (Wildman–Crippen MR) is 56.7 cm³/mol. The maximum absolute atomic E-state index is 12.9. The summed E-state index contributed by atoms with van der Waals surface area (Å²) < 4.78 is 25.6. The van der Waals surface area contributed by atoms with Crippen molar-refractivity contribution in [1.29, 1.82) is 5.26 Å².